The number of hydrogen-bond acceptors (Lipinski definition) is 5. The van der Waals surface area contributed by atoms with Crippen LogP contribution in [-0.4, -0.2) is 29.0 Å². The Morgan fingerprint density at radius 1 is 1.19 bits per heavy atom. The first-order chi connectivity index (χ1) is 12.1. The van der Waals surface area contributed by atoms with Crippen LogP contribution in [0.5, 0.6) is 11.5 Å². The van der Waals surface area contributed by atoms with Crippen LogP contribution in [0.25, 0.3) is 0 Å². The highest BCUT2D eigenvalue weighted by molar-refractivity contribution is 6.33. The van der Waals surface area contributed by atoms with Crippen molar-refractivity contribution in [3.63, 3.8) is 0 Å². The van der Waals surface area contributed by atoms with Crippen LogP contribution in [0.4, 0.5) is 13.2 Å². The largest absolute Gasteiger partial charge is 0.507 e. The molecule has 1 aromatic carbocycles. The number of carbonyl (C=O) groups excluding carboxylic acids is 2. The molecule has 2 amide bonds. The maximum absolute atomic E-state index is 12.6. The Morgan fingerprint density at radius 3 is 2.42 bits per heavy atom. The van der Waals surface area contributed by atoms with Gasteiger partial charge in [0.15, 0.2) is 0 Å². The molecule has 0 saturated carbocycles. The first kappa shape index (κ1) is 19.3. The predicted octanol–water partition coefficient (Wildman–Crippen LogP) is 2.54. The number of alkyl halides is 3. The summed E-state index contributed by atoms with van der Waals surface area (Å²) in [5.74, 6) is -2.02. The van der Waals surface area contributed by atoms with Gasteiger partial charge >= 0.3 is 6.18 Å². The molecule has 26 heavy (non-hydrogen) atoms. The molecule has 0 spiro atoms. The second kappa shape index (κ2) is 7.48. The fourth-order valence-corrected chi connectivity index (χ4v) is 2.08. The number of nitrogens with zero attached hydrogens (tertiary/aromatic N) is 1. The number of hydrogen-bond donors (Lipinski definition) is 3. The fraction of sp³-hybridized carbons (Fsp3) is 0.133. The van der Waals surface area contributed by atoms with Gasteiger partial charge in [-0.15, -0.1) is 0 Å². The summed E-state index contributed by atoms with van der Waals surface area (Å²) in [6, 6.07) is 4.39. The Kier molecular flexibility index (Phi) is 5.56. The molecule has 0 radical (unpaired) electrons. The standard InChI is InChI=1S/C15H11ClF3N3O4/c1-26-8-2-3-11(23)9(5-8)13(24)21-22-14(25)12-10(16)4-7(6-20-12)15(17,18)19/h2-6,23H,1H3,(H,21,24)(H,22,25). The number of methoxy groups -OCH3 is 1. The van der Waals surface area contributed by atoms with E-state index in [0.717, 1.165) is 0 Å². The van der Waals surface area contributed by atoms with E-state index >= 15 is 0 Å². The Labute approximate surface area is 149 Å². The molecule has 7 nitrogen and oxygen atoms in total. The van der Waals surface area contributed by atoms with Crippen molar-refractivity contribution in [2.45, 2.75) is 6.18 Å². The van der Waals surface area contributed by atoms with Crippen LogP contribution in [0.1, 0.15) is 26.4 Å². The number of halogens is 4. The number of benzene rings is 1. The summed E-state index contributed by atoms with van der Waals surface area (Å²) < 4.78 is 42.6. The molecule has 138 valence electrons. The highest BCUT2D eigenvalue weighted by Crippen LogP contribution is 2.31. The number of nitrogens with one attached hydrogen (secondary N) is 2. The molecule has 1 aromatic heterocycles. The number of aromatic hydroxyl groups is 1. The van der Waals surface area contributed by atoms with Gasteiger partial charge in [0.25, 0.3) is 11.8 Å². The summed E-state index contributed by atoms with van der Waals surface area (Å²) in [6.45, 7) is 0. The number of phenols is 1. The van der Waals surface area contributed by atoms with Gasteiger partial charge in [-0.05, 0) is 24.3 Å². The first-order valence-electron chi connectivity index (χ1n) is 6.84. The lowest BCUT2D eigenvalue weighted by atomic mass is 10.2. The minimum absolute atomic E-state index is 0.198. The van der Waals surface area contributed by atoms with Gasteiger partial charge in [-0.25, -0.2) is 4.98 Å². The zero-order chi connectivity index (χ0) is 19.5. The number of aromatic nitrogens is 1. The quantitative estimate of drug-likeness (QED) is 0.700. The summed E-state index contributed by atoms with van der Waals surface area (Å²) in [5.41, 5.74) is 2.09. The van der Waals surface area contributed by atoms with Crippen LogP contribution in [0.15, 0.2) is 30.5 Å². The third-order valence-electron chi connectivity index (χ3n) is 3.12. The van der Waals surface area contributed by atoms with Gasteiger partial charge in [-0.3, -0.25) is 20.4 Å². The maximum atomic E-state index is 12.6. The smallest absolute Gasteiger partial charge is 0.417 e. The Bertz CT molecular complexity index is 859. The SMILES string of the molecule is COc1ccc(O)c(C(=O)NNC(=O)c2ncc(C(F)(F)F)cc2Cl)c1. The number of rotatable bonds is 3. The van der Waals surface area contributed by atoms with Crippen LogP contribution in [0.3, 0.4) is 0 Å². The molecule has 0 atom stereocenters. The van der Waals surface area contributed by atoms with Crippen LogP contribution in [0.2, 0.25) is 5.02 Å². The van der Waals surface area contributed by atoms with Gasteiger partial charge in [-0.1, -0.05) is 11.6 Å². The molecule has 11 heteroatoms. The van der Waals surface area contributed by atoms with E-state index in [1.807, 2.05) is 10.9 Å². The molecule has 0 aliphatic heterocycles. The lowest BCUT2D eigenvalue weighted by Crippen LogP contribution is -2.42. The van der Waals surface area contributed by atoms with Crippen molar-refractivity contribution in [1.82, 2.24) is 15.8 Å². The van der Waals surface area contributed by atoms with Crippen LogP contribution < -0.4 is 15.6 Å². The van der Waals surface area contributed by atoms with Crippen molar-refractivity contribution in [3.8, 4) is 11.5 Å². The summed E-state index contributed by atoms with van der Waals surface area (Å²) in [5, 5.41) is 9.12. The average molecular weight is 390 g/mol. The molecule has 0 aliphatic carbocycles. The molecule has 3 N–H and O–H groups in total. The normalized spacial score (nSPS) is 11.0. The summed E-state index contributed by atoms with van der Waals surface area (Å²) in [6.07, 6.45) is -4.22. The van der Waals surface area contributed by atoms with Crippen molar-refractivity contribution in [2.24, 2.45) is 0 Å². The predicted molar refractivity (Wildman–Crippen MR) is 83.8 cm³/mol. The fourth-order valence-electron chi connectivity index (χ4n) is 1.82. The summed E-state index contributed by atoms with van der Waals surface area (Å²) >= 11 is 5.63. The van der Waals surface area contributed by atoms with E-state index in [4.69, 9.17) is 16.3 Å². The topological polar surface area (TPSA) is 101 Å². The zero-order valence-corrected chi connectivity index (χ0v) is 13.8. The van der Waals surface area contributed by atoms with Gasteiger partial charge in [-0.2, -0.15) is 13.2 Å². The van der Waals surface area contributed by atoms with Crippen molar-refractivity contribution < 1.29 is 32.6 Å². The lowest BCUT2D eigenvalue weighted by Gasteiger charge is -2.11. The van der Waals surface area contributed by atoms with Gasteiger partial charge in [0, 0.05) is 6.20 Å². The molecule has 0 unspecified atom stereocenters. The van der Waals surface area contributed by atoms with E-state index in [1.165, 1.54) is 25.3 Å². The third kappa shape index (κ3) is 4.33. The Hall–Kier alpha value is -3.01. The minimum atomic E-state index is -4.66. The van der Waals surface area contributed by atoms with Gasteiger partial charge < -0.3 is 9.84 Å². The first-order valence-corrected chi connectivity index (χ1v) is 7.21. The number of hydrazine groups is 1. The van der Waals surface area contributed by atoms with E-state index < -0.39 is 34.3 Å². The number of amides is 2. The molecule has 2 rings (SSSR count). The highest BCUT2D eigenvalue weighted by Gasteiger charge is 2.32. The maximum Gasteiger partial charge on any atom is 0.417 e. The Balaban J connectivity index is 2.10. The lowest BCUT2D eigenvalue weighted by molar-refractivity contribution is -0.137. The molecule has 2 aromatic rings. The van der Waals surface area contributed by atoms with Crippen molar-refractivity contribution in [3.05, 3.63) is 52.3 Å². The monoisotopic (exact) mass is 389 g/mol. The summed E-state index contributed by atoms with van der Waals surface area (Å²) in [4.78, 5) is 27.3. The highest BCUT2D eigenvalue weighted by atomic mass is 35.5. The zero-order valence-electron chi connectivity index (χ0n) is 13.0. The molecule has 0 aliphatic rings. The molecular weight excluding hydrogens is 379 g/mol. The average Bonchev–Trinajstić information content (AvgIpc) is 2.59. The van der Waals surface area contributed by atoms with E-state index in [2.05, 4.69) is 4.98 Å². The Morgan fingerprint density at radius 2 is 1.85 bits per heavy atom. The third-order valence-corrected chi connectivity index (χ3v) is 3.41. The van der Waals surface area contributed by atoms with E-state index in [-0.39, 0.29) is 17.1 Å². The summed E-state index contributed by atoms with van der Waals surface area (Å²) in [7, 11) is 1.36. The van der Waals surface area contributed by atoms with Crippen LogP contribution in [-0.2, 0) is 6.18 Å². The number of phenolic OH excluding ortho intramolecular Hbond substituents is 1. The minimum Gasteiger partial charge on any atom is -0.507 e. The second-order valence-electron chi connectivity index (χ2n) is 4.84. The van der Waals surface area contributed by atoms with Gasteiger partial charge in [0.1, 0.15) is 17.2 Å². The molecular formula is C15H11ClF3N3O4. The molecule has 0 saturated heterocycles. The van der Waals surface area contributed by atoms with E-state index in [1.54, 1.807) is 0 Å². The van der Waals surface area contributed by atoms with Crippen molar-refractivity contribution in [2.75, 3.05) is 7.11 Å². The molecule has 0 bridgehead atoms. The molecule has 1 heterocycles. The van der Waals surface area contributed by atoms with Crippen LogP contribution >= 0.6 is 11.6 Å². The van der Waals surface area contributed by atoms with Gasteiger partial charge in [0.2, 0.25) is 0 Å². The van der Waals surface area contributed by atoms with E-state index in [0.29, 0.717) is 12.3 Å². The van der Waals surface area contributed by atoms with E-state index in [9.17, 15) is 27.9 Å². The number of pyridine rings is 1. The number of carbonyl (C=O) groups is 2. The van der Waals surface area contributed by atoms with Crippen LogP contribution in [0, 0.1) is 0 Å². The van der Waals surface area contributed by atoms with Gasteiger partial charge in [0.05, 0.1) is 23.3 Å². The number of ether oxygens (including phenoxy) is 1. The van der Waals surface area contributed by atoms with Crippen molar-refractivity contribution in [1.29, 1.82) is 0 Å². The van der Waals surface area contributed by atoms with Crippen molar-refractivity contribution >= 4 is 23.4 Å². The molecule has 0 fully saturated rings. The second-order valence-corrected chi connectivity index (χ2v) is 5.25.